The number of piperidine rings is 1. The Labute approximate surface area is 151 Å². The fraction of sp³-hybridized carbons (Fsp3) is 0.350. The minimum absolute atomic E-state index is 0.0248. The first kappa shape index (κ1) is 16.4. The van der Waals surface area contributed by atoms with E-state index in [1.54, 1.807) is 0 Å². The van der Waals surface area contributed by atoms with Gasteiger partial charge in [0, 0.05) is 22.8 Å². The largest absolute Gasteiger partial charge is 0.361 e. The van der Waals surface area contributed by atoms with E-state index in [9.17, 15) is 4.79 Å². The van der Waals surface area contributed by atoms with E-state index >= 15 is 0 Å². The fourth-order valence-electron chi connectivity index (χ4n) is 3.67. The first-order valence-electron chi connectivity index (χ1n) is 8.77. The Morgan fingerprint density at radius 2 is 2.08 bits per heavy atom. The first-order chi connectivity index (χ1) is 12.1. The normalized spacial score (nSPS) is 16.4. The zero-order chi connectivity index (χ0) is 17.4. The summed E-state index contributed by atoms with van der Waals surface area (Å²) in [6, 6.07) is 8.12. The second-order valence-corrected chi connectivity index (χ2v) is 7.88. The number of aromatic amines is 1. The van der Waals surface area contributed by atoms with Gasteiger partial charge < -0.3 is 15.2 Å². The summed E-state index contributed by atoms with van der Waals surface area (Å²) in [4.78, 5) is 19.0. The number of H-pyrrole nitrogens is 1. The molecule has 5 heteroatoms. The number of carbonyl (C=O) groups excluding carboxylic acids is 1. The Kier molecular flexibility index (Phi) is 4.36. The monoisotopic (exact) mass is 353 g/mol. The molecule has 1 aromatic carbocycles. The Balaban J connectivity index is 1.60. The zero-order valence-electron chi connectivity index (χ0n) is 14.6. The summed E-state index contributed by atoms with van der Waals surface area (Å²) in [6.07, 6.45) is 4.53. The lowest BCUT2D eigenvalue weighted by atomic mass is 9.89. The number of nitrogens with one attached hydrogen (secondary N) is 2. The van der Waals surface area contributed by atoms with Gasteiger partial charge in [-0.15, -0.1) is 11.3 Å². The Morgan fingerprint density at radius 3 is 2.80 bits per heavy atom. The number of benzene rings is 1. The van der Waals surface area contributed by atoms with Crippen molar-refractivity contribution in [2.75, 3.05) is 25.5 Å². The van der Waals surface area contributed by atoms with Crippen molar-refractivity contribution in [2.45, 2.75) is 25.7 Å². The van der Waals surface area contributed by atoms with Crippen molar-refractivity contribution < 1.29 is 4.79 Å². The van der Waals surface area contributed by atoms with Gasteiger partial charge in [0.25, 0.3) is 5.91 Å². The number of rotatable bonds is 3. The number of carbonyl (C=O) groups is 1. The second-order valence-electron chi connectivity index (χ2n) is 6.97. The van der Waals surface area contributed by atoms with Gasteiger partial charge in [-0.1, -0.05) is 0 Å². The van der Waals surface area contributed by atoms with E-state index in [0.29, 0.717) is 5.92 Å². The lowest BCUT2D eigenvalue weighted by Crippen LogP contribution is -2.29. The van der Waals surface area contributed by atoms with Crippen LogP contribution >= 0.6 is 11.3 Å². The topological polar surface area (TPSA) is 48.1 Å². The van der Waals surface area contributed by atoms with Crippen molar-refractivity contribution in [1.82, 2.24) is 9.88 Å². The van der Waals surface area contributed by atoms with Gasteiger partial charge in [-0.3, -0.25) is 4.79 Å². The molecular weight excluding hydrogens is 330 g/mol. The summed E-state index contributed by atoms with van der Waals surface area (Å²) < 4.78 is 0. The molecule has 3 heterocycles. The van der Waals surface area contributed by atoms with Crippen LogP contribution in [0, 0.1) is 6.92 Å². The molecule has 0 radical (unpaired) electrons. The molecule has 2 N–H and O–H groups in total. The van der Waals surface area contributed by atoms with Gasteiger partial charge in [-0.2, -0.15) is 0 Å². The summed E-state index contributed by atoms with van der Waals surface area (Å²) >= 11 is 1.49. The third-order valence-corrected chi connectivity index (χ3v) is 6.21. The maximum atomic E-state index is 12.5. The molecule has 1 aliphatic rings. The molecule has 0 bridgehead atoms. The van der Waals surface area contributed by atoms with Crippen LogP contribution in [0.25, 0.3) is 10.9 Å². The number of hydrogen-bond acceptors (Lipinski definition) is 3. The summed E-state index contributed by atoms with van der Waals surface area (Å²) in [5.74, 6) is 0.568. The summed E-state index contributed by atoms with van der Waals surface area (Å²) in [7, 11) is 2.19. The van der Waals surface area contributed by atoms with Crippen molar-refractivity contribution in [2.24, 2.45) is 0 Å². The lowest BCUT2D eigenvalue weighted by Gasteiger charge is -2.28. The van der Waals surface area contributed by atoms with Gasteiger partial charge in [0.2, 0.25) is 0 Å². The summed E-state index contributed by atoms with van der Waals surface area (Å²) in [5.41, 5.74) is 4.40. The zero-order valence-corrected chi connectivity index (χ0v) is 15.5. The van der Waals surface area contributed by atoms with Crippen LogP contribution < -0.4 is 5.32 Å². The lowest BCUT2D eigenvalue weighted by molar-refractivity contribution is 0.103. The third-order valence-electron chi connectivity index (χ3n) is 5.20. The molecule has 2 aromatic heterocycles. The number of aryl methyl sites for hydroxylation is 1. The van der Waals surface area contributed by atoms with E-state index < -0.39 is 0 Å². The molecule has 0 saturated carbocycles. The molecule has 1 saturated heterocycles. The number of likely N-dealkylation sites (tertiary alicyclic amines) is 1. The molecule has 0 unspecified atom stereocenters. The van der Waals surface area contributed by atoms with Crippen LogP contribution in [0.2, 0.25) is 0 Å². The van der Waals surface area contributed by atoms with Crippen LogP contribution in [-0.4, -0.2) is 35.9 Å². The van der Waals surface area contributed by atoms with Crippen LogP contribution in [0.3, 0.4) is 0 Å². The van der Waals surface area contributed by atoms with Gasteiger partial charge in [-0.05, 0) is 86.6 Å². The van der Waals surface area contributed by atoms with Gasteiger partial charge in [-0.25, -0.2) is 0 Å². The Bertz CT molecular complexity index is 903. The van der Waals surface area contributed by atoms with Crippen molar-refractivity contribution in [1.29, 1.82) is 0 Å². The molecule has 4 nitrogen and oxygen atoms in total. The van der Waals surface area contributed by atoms with Crippen LogP contribution in [0.1, 0.15) is 39.6 Å². The van der Waals surface area contributed by atoms with Crippen molar-refractivity contribution in [3.8, 4) is 0 Å². The van der Waals surface area contributed by atoms with Crippen LogP contribution in [0.15, 0.2) is 35.8 Å². The van der Waals surface area contributed by atoms with E-state index in [1.807, 2.05) is 24.4 Å². The predicted molar refractivity (Wildman–Crippen MR) is 105 cm³/mol. The van der Waals surface area contributed by atoms with Crippen LogP contribution in [0.5, 0.6) is 0 Å². The molecule has 130 valence electrons. The predicted octanol–water partition coefficient (Wildman–Crippen LogP) is 4.60. The molecule has 1 aliphatic heterocycles. The Hall–Kier alpha value is -2.11. The Morgan fingerprint density at radius 1 is 1.28 bits per heavy atom. The van der Waals surface area contributed by atoms with Gasteiger partial charge in [0.05, 0.1) is 4.88 Å². The molecule has 0 aliphatic carbocycles. The SMILES string of the molecule is Cc1ccsc1C(=O)Nc1ccc2[nH]cc(C3CCN(C)CC3)c2c1. The maximum absolute atomic E-state index is 12.5. The molecule has 1 amide bonds. The molecule has 3 aromatic rings. The summed E-state index contributed by atoms with van der Waals surface area (Å²) in [6.45, 7) is 4.26. The average molecular weight is 353 g/mol. The molecule has 4 rings (SSSR count). The molecular formula is C20H23N3OS. The van der Waals surface area contributed by atoms with Crippen molar-refractivity contribution in [3.05, 3.63) is 51.8 Å². The number of nitrogens with zero attached hydrogens (tertiary/aromatic N) is 1. The highest BCUT2D eigenvalue weighted by molar-refractivity contribution is 7.12. The molecule has 1 fully saturated rings. The van der Waals surface area contributed by atoms with Crippen molar-refractivity contribution in [3.63, 3.8) is 0 Å². The average Bonchev–Trinajstić information content (AvgIpc) is 3.21. The first-order valence-corrected chi connectivity index (χ1v) is 9.65. The van der Waals surface area contributed by atoms with E-state index in [1.165, 1.54) is 35.1 Å². The number of anilines is 1. The fourth-order valence-corrected chi connectivity index (χ4v) is 4.49. The highest BCUT2D eigenvalue weighted by atomic mass is 32.1. The molecule has 25 heavy (non-hydrogen) atoms. The number of aromatic nitrogens is 1. The van der Waals surface area contributed by atoms with E-state index in [-0.39, 0.29) is 5.91 Å². The van der Waals surface area contributed by atoms with Crippen LogP contribution in [-0.2, 0) is 0 Å². The molecule has 0 atom stereocenters. The van der Waals surface area contributed by atoms with Gasteiger partial charge in [0.1, 0.15) is 0 Å². The van der Waals surface area contributed by atoms with Crippen LogP contribution in [0.4, 0.5) is 5.69 Å². The number of fused-ring (bicyclic) bond motifs is 1. The maximum Gasteiger partial charge on any atom is 0.265 e. The van der Waals surface area contributed by atoms with Gasteiger partial charge in [0.15, 0.2) is 0 Å². The number of amides is 1. The van der Waals surface area contributed by atoms with E-state index in [2.05, 4.69) is 40.6 Å². The molecule has 0 spiro atoms. The standard InChI is InChI=1S/C20H23N3OS/c1-13-7-10-25-19(13)20(24)22-15-3-4-18-16(11-15)17(12-21-18)14-5-8-23(2)9-6-14/h3-4,7,10-12,14,21H,5-6,8-9H2,1-2H3,(H,22,24). The second kappa shape index (κ2) is 6.65. The smallest absolute Gasteiger partial charge is 0.265 e. The van der Waals surface area contributed by atoms with E-state index in [4.69, 9.17) is 0 Å². The van der Waals surface area contributed by atoms with Crippen molar-refractivity contribution >= 4 is 33.8 Å². The number of hydrogen-bond donors (Lipinski definition) is 2. The minimum atomic E-state index is -0.0248. The van der Waals surface area contributed by atoms with Gasteiger partial charge >= 0.3 is 0 Å². The third kappa shape index (κ3) is 3.22. The quantitative estimate of drug-likeness (QED) is 0.723. The highest BCUT2D eigenvalue weighted by Crippen LogP contribution is 2.34. The summed E-state index contributed by atoms with van der Waals surface area (Å²) in [5, 5.41) is 6.24. The minimum Gasteiger partial charge on any atom is -0.361 e. The highest BCUT2D eigenvalue weighted by Gasteiger charge is 2.21. The number of thiophene rings is 1. The van der Waals surface area contributed by atoms with E-state index in [0.717, 1.165) is 34.7 Å².